The second-order valence-corrected chi connectivity index (χ2v) is 6.90. The number of nitrogens with zero attached hydrogens (tertiary/aromatic N) is 4. The highest BCUT2D eigenvalue weighted by molar-refractivity contribution is 5.35. The molecule has 8 heteroatoms. The number of unbranched alkanes of at least 4 members (excludes halogenated alkanes) is 1. The standard InChI is InChI=1S/C19H30N6O2/c1-4-5-12-20-17-22-18(21-13-9-14-25(2,3)26)24-19(23-17)27-15-16-10-7-6-8-11-16/h6-8,10-11H,4-5,9,12-15H2,1-3H3,(H2,20,21,22,23,24). The zero-order valence-corrected chi connectivity index (χ0v) is 16.4. The number of nitrogens with one attached hydrogen (secondary N) is 2. The van der Waals surface area contributed by atoms with Gasteiger partial charge < -0.3 is 25.2 Å². The monoisotopic (exact) mass is 374 g/mol. The van der Waals surface area contributed by atoms with Gasteiger partial charge in [-0.2, -0.15) is 15.0 Å². The number of hydrogen-bond acceptors (Lipinski definition) is 7. The minimum absolute atomic E-state index is 0.273. The highest BCUT2D eigenvalue weighted by Crippen LogP contribution is 2.13. The van der Waals surface area contributed by atoms with Crippen molar-refractivity contribution in [1.82, 2.24) is 15.0 Å². The summed E-state index contributed by atoms with van der Waals surface area (Å²) in [4.78, 5) is 13.1. The van der Waals surface area contributed by atoms with E-state index in [0.717, 1.165) is 31.4 Å². The molecule has 0 aliphatic rings. The Hall–Kier alpha value is -2.45. The first kappa shape index (κ1) is 20.9. The van der Waals surface area contributed by atoms with E-state index in [1.807, 2.05) is 30.3 Å². The van der Waals surface area contributed by atoms with Gasteiger partial charge in [-0.1, -0.05) is 43.7 Å². The summed E-state index contributed by atoms with van der Waals surface area (Å²) in [6, 6.07) is 10.1. The van der Waals surface area contributed by atoms with Crippen LogP contribution in [0.3, 0.4) is 0 Å². The quantitative estimate of drug-likeness (QED) is 0.335. The zero-order valence-electron chi connectivity index (χ0n) is 16.4. The molecule has 8 nitrogen and oxygen atoms in total. The molecule has 2 aromatic rings. The maximum Gasteiger partial charge on any atom is 0.323 e. The van der Waals surface area contributed by atoms with E-state index >= 15 is 0 Å². The van der Waals surface area contributed by atoms with Crippen molar-refractivity contribution < 1.29 is 9.38 Å². The lowest BCUT2D eigenvalue weighted by Gasteiger charge is -2.33. The molecular formula is C19H30N6O2. The third-order valence-corrected chi connectivity index (χ3v) is 3.80. The molecular weight excluding hydrogens is 344 g/mol. The Kier molecular flexibility index (Phi) is 8.22. The van der Waals surface area contributed by atoms with Crippen LogP contribution in [0, 0.1) is 5.21 Å². The first-order chi connectivity index (χ1) is 13.0. The molecule has 27 heavy (non-hydrogen) atoms. The minimum atomic E-state index is -0.311. The number of anilines is 2. The van der Waals surface area contributed by atoms with Crippen LogP contribution in [-0.2, 0) is 6.61 Å². The van der Waals surface area contributed by atoms with Gasteiger partial charge in [-0.05, 0) is 12.0 Å². The minimum Gasteiger partial charge on any atom is -0.633 e. The summed E-state index contributed by atoms with van der Waals surface area (Å²) in [5.74, 6) is 0.937. The van der Waals surface area contributed by atoms with E-state index in [1.165, 1.54) is 0 Å². The summed E-state index contributed by atoms with van der Waals surface area (Å²) in [5.41, 5.74) is 1.04. The van der Waals surface area contributed by atoms with Gasteiger partial charge in [-0.3, -0.25) is 0 Å². The summed E-state index contributed by atoms with van der Waals surface area (Å²) >= 11 is 0. The molecule has 0 atom stereocenters. The van der Waals surface area contributed by atoms with Crippen LogP contribution in [0.15, 0.2) is 30.3 Å². The van der Waals surface area contributed by atoms with Gasteiger partial charge in [0.05, 0.1) is 20.6 Å². The molecule has 0 saturated heterocycles. The molecule has 0 radical (unpaired) electrons. The lowest BCUT2D eigenvalue weighted by molar-refractivity contribution is -0.839. The lowest BCUT2D eigenvalue weighted by atomic mass is 10.2. The summed E-state index contributed by atoms with van der Waals surface area (Å²) in [6.45, 7) is 4.45. The number of aromatic nitrogens is 3. The van der Waals surface area contributed by atoms with Crippen molar-refractivity contribution in [3.05, 3.63) is 41.1 Å². The molecule has 0 unspecified atom stereocenters. The van der Waals surface area contributed by atoms with Crippen molar-refractivity contribution in [2.24, 2.45) is 0 Å². The summed E-state index contributed by atoms with van der Waals surface area (Å²) < 4.78 is 5.43. The van der Waals surface area contributed by atoms with E-state index in [4.69, 9.17) is 4.74 Å². The molecule has 2 N–H and O–H groups in total. The Morgan fingerprint density at radius 3 is 2.19 bits per heavy atom. The van der Waals surface area contributed by atoms with E-state index in [1.54, 1.807) is 14.1 Å². The molecule has 0 fully saturated rings. The van der Waals surface area contributed by atoms with Crippen LogP contribution < -0.4 is 15.4 Å². The average molecular weight is 374 g/mol. The van der Waals surface area contributed by atoms with Crippen molar-refractivity contribution in [3.8, 4) is 6.01 Å². The molecule has 0 saturated carbocycles. The molecule has 1 aromatic carbocycles. The summed E-state index contributed by atoms with van der Waals surface area (Å²) in [6.07, 6.45) is 2.84. The normalized spacial score (nSPS) is 11.3. The topological polar surface area (TPSA) is 95.0 Å². The molecule has 0 aliphatic heterocycles. The molecule has 1 aromatic heterocycles. The van der Waals surface area contributed by atoms with Crippen LogP contribution >= 0.6 is 0 Å². The van der Waals surface area contributed by atoms with Crippen molar-refractivity contribution >= 4 is 11.9 Å². The van der Waals surface area contributed by atoms with Crippen molar-refractivity contribution in [2.75, 3.05) is 44.4 Å². The van der Waals surface area contributed by atoms with Gasteiger partial charge in [-0.25, -0.2) is 0 Å². The van der Waals surface area contributed by atoms with Crippen LogP contribution in [0.4, 0.5) is 11.9 Å². The molecule has 1 heterocycles. The number of hydrogen-bond donors (Lipinski definition) is 2. The third-order valence-electron chi connectivity index (χ3n) is 3.80. The maximum atomic E-state index is 11.6. The molecule has 0 amide bonds. The first-order valence-corrected chi connectivity index (χ1v) is 9.41. The van der Waals surface area contributed by atoms with Gasteiger partial charge in [0.1, 0.15) is 6.61 Å². The smallest absolute Gasteiger partial charge is 0.323 e. The van der Waals surface area contributed by atoms with E-state index in [-0.39, 0.29) is 10.7 Å². The van der Waals surface area contributed by atoms with E-state index in [0.29, 0.717) is 31.6 Å². The van der Waals surface area contributed by atoms with Crippen LogP contribution in [0.25, 0.3) is 0 Å². The Labute approximate surface area is 161 Å². The molecule has 0 aliphatic carbocycles. The van der Waals surface area contributed by atoms with E-state index in [9.17, 15) is 5.21 Å². The van der Waals surface area contributed by atoms with Crippen molar-refractivity contribution in [3.63, 3.8) is 0 Å². The zero-order chi connectivity index (χ0) is 19.5. The number of rotatable bonds is 12. The van der Waals surface area contributed by atoms with Crippen LogP contribution in [0.2, 0.25) is 0 Å². The van der Waals surface area contributed by atoms with Gasteiger partial charge in [0.15, 0.2) is 0 Å². The maximum absolute atomic E-state index is 11.6. The van der Waals surface area contributed by atoms with Crippen molar-refractivity contribution in [2.45, 2.75) is 32.8 Å². The van der Waals surface area contributed by atoms with Gasteiger partial charge >= 0.3 is 6.01 Å². The first-order valence-electron chi connectivity index (χ1n) is 9.41. The van der Waals surface area contributed by atoms with E-state index in [2.05, 4.69) is 32.5 Å². The molecule has 0 bridgehead atoms. The molecule has 148 valence electrons. The van der Waals surface area contributed by atoms with E-state index < -0.39 is 0 Å². The van der Waals surface area contributed by atoms with Gasteiger partial charge in [0.2, 0.25) is 11.9 Å². The second kappa shape index (κ2) is 10.6. The predicted molar refractivity (Wildman–Crippen MR) is 107 cm³/mol. The third kappa shape index (κ3) is 8.65. The van der Waals surface area contributed by atoms with Crippen molar-refractivity contribution in [1.29, 1.82) is 0 Å². The lowest BCUT2D eigenvalue weighted by Crippen LogP contribution is -2.34. The van der Waals surface area contributed by atoms with Gasteiger partial charge in [-0.15, -0.1) is 0 Å². The Balaban J connectivity index is 1.99. The highest BCUT2D eigenvalue weighted by atomic mass is 16.5. The summed E-state index contributed by atoms with van der Waals surface area (Å²) in [7, 11) is 3.27. The number of hydroxylamine groups is 3. The summed E-state index contributed by atoms with van der Waals surface area (Å²) in [5, 5.41) is 18.0. The predicted octanol–water partition coefficient (Wildman–Crippen LogP) is 3.04. The number of quaternary nitrogens is 1. The van der Waals surface area contributed by atoms with Crippen LogP contribution in [0.1, 0.15) is 31.7 Å². The van der Waals surface area contributed by atoms with Crippen LogP contribution in [-0.4, -0.2) is 53.3 Å². The largest absolute Gasteiger partial charge is 0.633 e. The molecule has 2 rings (SSSR count). The SMILES string of the molecule is CCCCNc1nc(NCCC[N+](C)(C)[O-])nc(OCc2ccccc2)n1. The number of ether oxygens (including phenoxy) is 1. The number of benzene rings is 1. The Morgan fingerprint density at radius 1 is 0.963 bits per heavy atom. The fourth-order valence-corrected chi connectivity index (χ4v) is 2.34. The average Bonchev–Trinajstić information content (AvgIpc) is 2.64. The fraction of sp³-hybridized carbons (Fsp3) is 0.526. The van der Waals surface area contributed by atoms with Gasteiger partial charge in [0.25, 0.3) is 0 Å². The second-order valence-electron chi connectivity index (χ2n) is 6.90. The highest BCUT2D eigenvalue weighted by Gasteiger charge is 2.08. The van der Waals surface area contributed by atoms with Gasteiger partial charge in [0, 0.05) is 19.5 Å². The fourth-order valence-electron chi connectivity index (χ4n) is 2.34. The van der Waals surface area contributed by atoms with Crippen LogP contribution in [0.5, 0.6) is 6.01 Å². The molecule has 0 spiro atoms. The Morgan fingerprint density at radius 2 is 1.59 bits per heavy atom. The Bertz CT molecular complexity index is 676.